The molecule has 1 aliphatic rings. The highest BCUT2D eigenvalue weighted by Crippen LogP contribution is 2.23. The van der Waals surface area contributed by atoms with Crippen molar-refractivity contribution in [2.45, 2.75) is 32.2 Å². The Kier molecular flexibility index (Phi) is 3.83. The summed E-state index contributed by atoms with van der Waals surface area (Å²) in [7, 11) is 0. The first kappa shape index (κ1) is 12.4. The van der Waals surface area contributed by atoms with Gasteiger partial charge >= 0.3 is 0 Å². The molecule has 1 aromatic carbocycles. The fraction of sp³-hybridized carbons (Fsp3) is 0.429. The number of anilines is 1. The van der Waals surface area contributed by atoms with Crippen LogP contribution in [0.2, 0.25) is 0 Å². The van der Waals surface area contributed by atoms with E-state index in [1.807, 2.05) is 25.1 Å². The zero-order valence-corrected chi connectivity index (χ0v) is 10.5. The van der Waals surface area contributed by atoms with Gasteiger partial charge in [-0.15, -0.1) is 0 Å². The first-order valence-electron chi connectivity index (χ1n) is 6.29. The number of amides is 1. The van der Waals surface area contributed by atoms with Crippen molar-refractivity contribution < 1.29 is 4.79 Å². The van der Waals surface area contributed by atoms with Crippen molar-refractivity contribution >= 4 is 11.6 Å². The van der Waals surface area contributed by atoms with Gasteiger partial charge in [-0.2, -0.15) is 5.26 Å². The van der Waals surface area contributed by atoms with Crippen LogP contribution in [-0.2, 0) is 6.42 Å². The molecule has 0 saturated heterocycles. The van der Waals surface area contributed by atoms with Gasteiger partial charge in [-0.25, -0.2) is 0 Å². The average Bonchev–Trinajstić information content (AvgIpc) is 2.85. The van der Waals surface area contributed by atoms with Crippen molar-refractivity contribution in [2.24, 2.45) is 0 Å². The summed E-state index contributed by atoms with van der Waals surface area (Å²) in [5, 5.41) is 14.8. The molecule has 94 valence electrons. The number of rotatable bonds is 4. The molecule has 1 atom stereocenters. The number of hydrogen-bond acceptors (Lipinski definition) is 3. The summed E-state index contributed by atoms with van der Waals surface area (Å²) >= 11 is 0. The van der Waals surface area contributed by atoms with E-state index in [2.05, 4.69) is 16.7 Å². The molecule has 0 bridgehead atoms. The summed E-state index contributed by atoms with van der Waals surface area (Å²) in [5.74, 6) is -0.103. The first-order valence-corrected chi connectivity index (χ1v) is 6.29. The third-order valence-corrected chi connectivity index (χ3v) is 3.25. The van der Waals surface area contributed by atoms with Crippen molar-refractivity contribution in [1.82, 2.24) is 5.32 Å². The Labute approximate surface area is 107 Å². The number of carbonyl (C=O) groups excluding carboxylic acids is 1. The molecule has 1 amide bonds. The molecule has 0 radical (unpaired) electrons. The summed E-state index contributed by atoms with van der Waals surface area (Å²) in [6, 6.07) is 7.75. The van der Waals surface area contributed by atoms with E-state index < -0.39 is 0 Å². The lowest BCUT2D eigenvalue weighted by molar-refractivity contribution is 0.0936. The van der Waals surface area contributed by atoms with E-state index in [9.17, 15) is 4.79 Å². The maximum absolute atomic E-state index is 12.0. The lowest BCUT2D eigenvalue weighted by atomic mass is 10.1. The molecular formula is C14H17N3O. The Bertz CT molecular complexity index is 490. The zero-order valence-electron chi connectivity index (χ0n) is 10.5. The Balaban J connectivity index is 2.07. The molecule has 1 heterocycles. The van der Waals surface area contributed by atoms with E-state index in [4.69, 9.17) is 5.26 Å². The SMILES string of the molecule is CCC(CC#N)NC(=O)c1ccc2c(c1)NCC2. The van der Waals surface area contributed by atoms with Gasteiger partial charge in [-0.05, 0) is 30.5 Å². The van der Waals surface area contributed by atoms with Gasteiger partial charge in [0.05, 0.1) is 12.5 Å². The molecule has 2 N–H and O–H groups in total. The highest BCUT2D eigenvalue weighted by molar-refractivity contribution is 5.95. The minimum absolute atomic E-state index is 0.0660. The molecule has 0 saturated carbocycles. The second-order valence-electron chi connectivity index (χ2n) is 4.49. The van der Waals surface area contributed by atoms with Gasteiger partial charge in [0, 0.05) is 23.8 Å². The van der Waals surface area contributed by atoms with Crippen molar-refractivity contribution in [2.75, 3.05) is 11.9 Å². The molecule has 1 aromatic rings. The van der Waals surface area contributed by atoms with E-state index in [-0.39, 0.29) is 11.9 Å². The van der Waals surface area contributed by atoms with Crippen LogP contribution in [0.25, 0.3) is 0 Å². The molecule has 0 aromatic heterocycles. The van der Waals surface area contributed by atoms with E-state index in [1.165, 1.54) is 5.56 Å². The molecule has 0 aliphatic carbocycles. The van der Waals surface area contributed by atoms with Gasteiger partial charge in [0.1, 0.15) is 0 Å². The van der Waals surface area contributed by atoms with Crippen LogP contribution in [0.5, 0.6) is 0 Å². The molecular weight excluding hydrogens is 226 g/mol. The number of fused-ring (bicyclic) bond motifs is 1. The van der Waals surface area contributed by atoms with E-state index in [0.29, 0.717) is 12.0 Å². The number of nitrogens with one attached hydrogen (secondary N) is 2. The first-order chi connectivity index (χ1) is 8.74. The standard InChI is InChI=1S/C14H17N3O/c1-2-12(5-7-15)17-14(18)11-4-3-10-6-8-16-13(10)9-11/h3-4,9,12,16H,2,5-6,8H2,1H3,(H,17,18). The monoisotopic (exact) mass is 243 g/mol. The molecule has 4 nitrogen and oxygen atoms in total. The molecule has 18 heavy (non-hydrogen) atoms. The lowest BCUT2D eigenvalue weighted by Gasteiger charge is -2.14. The zero-order chi connectivity index (χ0) is 13.0. The molecule has 1 aliphatic heterocycles. The third kappa shape index (κ3) is 2.62. The smallest absolute Gasteiger partial charge is 0.251 e. The Morgan fingerprint density at radius 1 is 1.61 bits per heavy atom. The van der Waals surface area contributed by atoms with Crippen LogP contribution in [0.3, 0.4) is 0 Å². The topological polar surface area (TPSA) is 64.9 Å². The summed E-state index contributed by atoms with van der Waals surface area (Å²) in [6.45, 7) is 2.90. The number of carbonyl (C=O) groups is 1. The minimum Gasteiger partial charge on any atom is -0.384 e. The lowest BCUT2D eigenvalue weighted by Crippen LogP contribution is -2.34. The summed E-state index contributed by atoms with van der Waals surface area (Å²) in [4.78, 5) is 12.0. The maximum Gasteiger partial charge on any atom is 0.251 e. The van der Waals surface area contributed by atoms with Crippen LogP contribution in [0.4, 0.5) is 5.69 Å². The van der Waals surface area contributed by atoms with E-state index in [0.717, 1.165) is 25.1 Å². The Morgan fingerprint density at radius 3 is 3.17 bits per heavy atom. The fourth-order valence-corrected chi connectivity index (χ4v) is 2.11. The van der Waals surface area contributed by atoms with Crippen molar-refractivity contribution in [3.8, 4) is 6.07 Å². The second-order valence-corrected chi connectivity index (χ2v) is 4.49. The van der Waals surface area contributed by atoms with Crippen molar-refractivity contribution in [3.05, 3.63) is 29.3 Å². The minimum atomic E-state index is -0.103. The maximum atomic E-state index is 12.0. The Hall–Kier alpha value is -2.02. The highest BCUT2D eigenvalue weighted by atomic mass is 16.1. The Morgan fingerprint density at radius 2 is 2.44 bits per heavy atom. The average molecular weight is 243 g/mol. The predicted molar refractivity (Wildman–Crippen MR) is 70.4 cm³/mol. The van der Waals surface area contributed by atoms with Crippen LogP contribution in [-0.4, -0.2) is 18.5 Å². The fourth-order valence-electron chi connectivity index (χ4n) is 2.11. The van der Waals surface area contributed by atoms with Gasteiger partial charge in [-0.3, -0.25) is 4.79 Å². The summed E-state index contributed by atoms with van der Waals surface area (Å²) in [6.07, 6.45) is 2.14. The molecule has 0 spiro atoms. The number of nitriles is 1. The van der Waals surface area contributed by atoms with Crippen molar-refractivity contribution in [3.63, 3.8) is 0 Å². The molecule has 2 rings (SSSR count). The van der Waals surface area contributed by atoms with E-state index in [1.54, 1.807) is 0 Å². The molecule has 0 fully saturated rings. The number of hydrogen-bond donors (Lipinski definition) is 2. The summed E-state index contributed by atoms with van der Waals surface area (Å²) < 4.78 is 0. The van der Waals surface area contributed by atoms with Crippen molar-refractivity contribution in [1.29, 1.82) is 5.26 Å². The largest absolute Gasteiger partial charge is 0.384 e. The third-order valence-electron chi connectivity index (χ3n) is 3.25. The van der Waals surface area contributed by atoms with Crippen LogP contribution in [0.15, 0.2) is 18.2 Å². The predicted octanol–water partition coefficient (Wildman–Crippen LogP) is 2.08. The highest BCUT2D eigenvalue weighted by Gasteiger charge is 2.15. The summed E-state index contributed by atoms with van der Waals surface area (Å²) in [5.41, 5.74) is 2.96. The van der Waals surface area contributed by atoms with Crippen LogP contribution in [0, 0.1) is 11.3 Å². The van der Waals surface area contributed by atoms with Gasteiger partial charge in [0.25, 0.3) is 5.91 Å². The van der Waals surface area contributed by atoms with Gasteiger partial charge in [0.2, 0.25) is 0 Å². The molecule has 1 unspecified atom stereocenters. The van der Waals surface area contributed by atoms with Crippen LogP contribution >= 0.6 is 0 Å². The quantitative estimate of drug-likeness (QED) is 0.851. The van der Waals surface area contributed by atoms with Crippen LogP contribution in [0.1, 0.15) is 35.7 Å². The normalized spacial score (nSPS) is 14.2. The van der Waals surface area contributed by atoms with E-state index >= 15 is 0 Å². The van der Waals surface area contributed by atoms with Gasteiger partial charge in [-0.1, -0.05) is 13.0 Å². The van der Waals surface area contributed by atoms with Crippen LogP contribution < -0.4 is 10.6 Å². The number of benzene rings is 1. The number of nitrogens with zero attached hydrogens (tertiary/aromatic N) is 1. The molecule has 4 heteroatoms. The van der Waals surface area contributed by atoms with Gasteiger partial charge < -0.3 is 10.6 Å². The second kappa shape index (κ2) is 5.54. The van der Waals surface area contributed by atoms with Gasteiger partial charge in [0.15, 0.2) is 0 Å².